The van der Waals surface area contributed by atoms with Gasteiger partial charge in [0, 0.05) is 23.5 Å². The summed E-state index contributed by atoms with van der Waals surface area (Å²) in [4.78, 5) is 4.12. The molecule has 5 nitrogen and oxygen atoms in total. The predicted molar refractivity (Wildman–Crippen MR) is 67.5 cm³/mol. The molecule has 2 aromatic heterocycles. The highest BCUT2D eigenvalue weighted by molar-refractivity contribution is 8.00. The Labute approximate surface area is 118 Å². The maximum absolute atomic E-state index is 12.4. The van der Waals surface area contributed by atoms with Gasteiger partial charge in [0.2, 0.25) is 5.01 Å². The van der Waals surface area contributed by atoms with Crippen molar-refractivity contribution in [2.24, 2.45) is 0 Å². The summed E-state index contributed by atoms with van der Waals surface area (Å²) in [6, 6.07) is 4.92. The number of rotatable bonds is 2. The Bertz CT molecular complexity index is 767. The highest BCUT2D eigenvalue weighted by atomic mass is 32.2. The van der Waals surface area contributed by atoms with E-state index in [9.17, 15) is 13.2 Å². The molecular formula is C10H5F3N4OS2. The Balaban J connectivity index is 1.87. The Morgan fingerprint density at radius 1 is 1.25 bits per heavy atom. The van der Waals surface area contributed by atoms with Gasteiger partial charge in [-0.1, -0.05) is 11.3 Å². The van der Waals surface area contributed by atoms with Crippen LogP contribution in [0.2, 0.25) is 0 Å². The third kappa shape index (κ3) is 2.56. The van der Waals surface area contributed by atoms with Crippen LogP contribution < -0.4 is 5.73 Å². The van der Waals surface area contributed by atoms with Gasteiger partial charge in [0.25, 0.3) is 5.22 Å². The lowest BCUT2D eigenvalue weighted by atomic mass is 10.3. The number of nitrogen functional groups attached to an aromatic ring is 1. The minimum absolute atomic E-state index is 0.108. The fourth-order valence-electron chi connectivity index (χ4n) is 1.40. The number of anilines is 1. The van der Waals surface area contributed by atoms with Gasteiger partial charge in [0.15, 0.2) is 9.92 Å². The van der Waals surface area contributed by atoms with Crippen molar-refractivity contribution in [2.75, 3.05) is 5.73 Å². The van der Waals surface area contributed by atoms with Gasteiger partial charge in [-0.15, -0.1) is 10.2 Å². The summed E-state index contributed by atoms with van der Waals surface area (Å²) in [5.74, 6) is 0. The first-order valence-electron chi connectivity index (χ1n) is 5.16. The molecule has 1 aromatic carbocycles. The average molecular weight is 318 g/mol. The molecule has 0 radical (unpaired) electrons. The third-order valence-electron chi connectivity index (χ3n) is 2.22. The molecule has 2 N–H and O–H groups in total. The van der Waals surface area contributed by atoms with Crippen LogP contribution in [-0.4, -0.2) is 15.2 Å². The van der Waals surface area contributed by atoms with E-state index in [1.165, 1.54) is 0 Å². The number of alkyl halides is 3. The molecule has 0 aliphatic rings. The van der Waals surface area contributed by atoms with E-state index < -0.39 is 11.2 Å². The van der Waals surface area contributed by atoms with Crippen molar-refractivity contribution in [3.8, 4) is 0 Å². The maximum Gasteiger partial charge on any atom is 0.445 e. The van der Waals surface area contributed by atoms with Gasteiger partial charge in [-0.2, -0.15) is 13.2 Å². The molecule has 10 heteroatoms. The van der Waals surface area contributed by atoms with Crippen molar-refractivity contribution in [1.82, 2.24) is 15.2 Å². The monoisotopic (exact) mass is 318 g/mol. The van der Waals surface area contributed by atoms with E-state index in [2.05, 4.69) is 15.2 Å². The van der Waals surface area contributed by atoms with Gasteiger partial charge < -0.3 is 10.2 Å². The van der Waals surface area contributed by atoms with Gasteiger partial charge in [-0.25, -0.2) is 4.98 Å². The molecule has 0 atom stereocenters. The first-order valence-corrected chi connectivity index (χ1v) is 6.80. The molecule has 0 amide bonds. The van der Waals surface area contributed by atoms with Gasteiger partial charge in [-0.3, -0.25) is 0 Å². The van der Waals surface area contributed by atoms with E-state index in [0.717, 1.165) is 11.8 Å². The summed E-state index contributed by atoms with van der Waals surface area (Å²) in [7, 11) is 0. The van der Waals surface area contributed by atoms with E-state index in [1.54, 1.807) is 18.2 Å². The van der Waals surface area contributed by atoms with E-state index >= 15 is 0 Å². The SMILES string of the molecule is Nc1ccc2nc(Sc3nnc(C(F)(F)F)s3)oc2c1. The number of halogens is 3. The van der Waals surface area contributed by atoms with Crippen LogP contribution >= 0.6 is 23.1 Å². The Kier molecular flexibility index (Phi) is 3.05. The number of fused-ring (bicyclic) bond motifs is 1. The third-order valence-corrected chi connectivity index (χ3v) is 4.08. The molecule has 3 rings (SSSR count). The molecule has 2 heterocycles. The quantitative estimate of drug-likeness (QED) is 0.729. The van der Waals surface area contributed by atoms with E-state index in [-0.39, 0.29) is 9.56 Å². The zero-order valence-corrected chi connectivity index (χ0v) is 11.1. The number of nitrogens with two attached hydrogens (primary N) is 1. The molecule has 3 aromatic rings. The number of aromatic nitrogens is 3. The van der Waals surface area contributed by atoms with E-state index in [0.29, 0.717) is 28.1 Å². The molecule has 0 saturated carbocycles. The summed E-state index contributed by atoms with van der Waals surface area (Å²) < 4.78 is 42.7. The van der Waals surface area contributed by atoms with Crippen molar-refractivity contribution in [3.05, 3.63) is 23.2 Å². The average Bonchev–Trinajstić information content (AvgIpc) is 2.94. The zero-order valence-electron chi connectivity index (χ0n) is 9.51. The van der Waals surface area contributed by atoms with Crippen molar-refractivity contribution in [2.45, 2.75) is 15.7 Å². The zero-order chi connectivity index (χ0) is 14.3. The van der Waals surface area contributed by atoms with Crippen LogP contribution in [0.5, 0.6) is 0 Å². The molecule has 0 aliphatic heterocycles. The minimum atomic E-state index is -4.49. The normalized spacial score (nSPS) is 12.2. The summed E-state index contributed by atoms with van der Waals surface area (Å²) in [5.41, 5.74) is 7.15. The van der Waals surface area contributed by atoms with Gasteiger partial charge in [-0.05, 0) is 12.1 Å². The van der Waals surface area contributed by atoms with Crippen molar-refractivity contribution in [1.29, 1.82) is 0 Å². The van der Waals surface area contributed by atoms with Crippen LogP contribution in [0.1, 0.15) is 5.01 Å². The van der Waals surface area contributed by atoms with Crippen LogP contribution in [0.4, 0.5) is 18.9 Å². The highest BCUT2D eigenvalue weighted by Gasteiger charge is 2.35. The molecule has 0 saturated heterocycles. The Morgan fingerprint density at radius 3 is 2.75 bits per heavy atom. The highest BCUT2D eigenvalue weighted by Crippen LogP contribution is 2.37. The lowest BCUT2D eigenvalue weighted by molar-refractivity contribution is -0.138. The van der Waals surface area contributed by atoms with E-state index in [4.69, 9.17) is 10.2 Å². The number of benzene rings is 1. The van der Waals surface area contributed by atoms with Crippen LogP contribution in [0, 0.1) is 0 Å². The van der Waals surface area contributed by atoms with Crippen LogP contribution in [-0.2, 0) is 6.18 Å². The molecule has 20 heavy (non-hydrogen) atoms. The summed E-state index contributed by atoms with van der Waals surface area (Å²) in [5, 5.41) is 5.73. The molecule has 0 unspecified atom stereocenters. The van der Waals surface area contributed by atoms with Crippen LogP contribution in [0.3, 0.4) is 0 Å². The number of oxazole rings is 1. The minimum Gasteiger partial charge on any atom is -0.431 e. The smallest absolute Gasteiger partial charge is 0.431 e. The van der Waals surface area contributed by atoms with E-state index in [1.807, 2.05) is 0 Å². The predicted octanol–water partition coefficient (Wildman–Crippen LogP) is 3.43. The lowest BCUT2D eigenvalue weighted by Crippen LogP contribution is -2.03. The topological polar surface area (TPSA) is 77.8 Å². The maximum atomic E-state index is 12.4. The van der Waals surface area contributed by atoms with Gasteiger partial charge in [0.05, 0.1) is 0 Å². The Hall–Kier alpha value is -1.81. The number of hydrogen-bond acceptors (Lipinski definition) is 7. The van der Waals surface area contributed by atoms with Crippen LogP contribution in [0.25, 0.3) is 11.1 Å². The van der Waals surface area contributed by atoms with Gasteiger partial charge in [0.1, 0.15) is 5.52 Å². The van der Waals surface area contributed by atoms with Crippen LogP contribution in [0.15, 0.2) is 32.2 Å². The van der Waals surface area contributed by atoms with Gasteiger partial charge >= 0.3 is 6.18 Å². The summed E-state index contributed by atoms with van der Waals surface area (Å²) >= 11 is 1.32. The fraction of sp³-hybridized carbons (Fsp3) is 0.100. The van der Waals surface area contributed by atoms with Crippen molar-refractivity contribution >= 4 is 39.9 Å². The summed E-state index contributed by atoms with van der Waals surface area (Å²) in [6.07, 6.45) is -4.49. The molecular weight excluding hydrogens is 313 g/mol. The second-order valence-corrected chi connectivity index (χ2v) is 5.86. The Morgan fingerprint density at radius 2 is 2.05 bits per heavy atom. The van der Waals surface area contributed by atoms with Crippen molar-refractivity contribution < 1.29 is 17.6 Å². The molecule has 104 valence electrons. The molecule has 0 fully saturated rings. The second kappa shape index (κ2) is 4.63. The molecule has 0 spiro atoms. The molecule has 0 bridgehead atoms. The number of nitrogens with zero attached hydrogens (tertiary/aromatic N) is 3. The summed E-state index contributed by atoms with van der Waals surface area (Å²) in [6.45, 7) is 0. The number of hydrogen-bond donors (Lipinski definition) is 1. The van der Waals surface area contributed by atoms with Crippen molar-refractivity contribution in [3.63, 3.8) is 0 Å². The second-order valence-electron chi connectivity index (χ2n) is 3.68. The lowest BCUT2D eigenvalue weighted by Gasteiger charge is -1.97. The fourth-order valence-corrected chi connectivity index (χ4v) is 2.97. The molecule has 0 aliphatic carbocycles. The standard InChI is InChI=1S/C10H5F3N4OS2/c11-10(12,13)7-16-17-9(19-7)20-8-15-5-2-1-4(14)3-6(5)18-8/h1-3H,14H2. The first-order chi connectivity index (χ1) is 9.41. The first kappa shape index (κ1) is 13.2. The largest absolute Gasteiger partial charge is 0.445 e.